The number of aromatic nitrogens is 1. The van der Waals surface area contributed by atoms with E-state index in [1.807, 2.05) is 13.1 Å². The number of hydrogen-bond donors (Lipinski definition) is 1. The molecule has 0 bridgehead atoms. The van der Waals surface area contributed by atoms with Crippen molar-refractivity contribution in [1.82, 2.24) is 4.98 Å². The van der Waals surface area contributed by atoms with Gasteiger partial charge in [0.25, 0.3) is 0 Å². The van der Waals surface area contributed by atoms with E-state index in [9.17, 15) is 0 Å². The molecule has 2 heteroatoms. The Kier molecular flexibility index (Phi) is 2.13. The zero-order chi connectivity index (χ0) is 8.43. The molecule has 11 heavy (non-hydrogen) atoms. The van der Waals surface area contributed by atoms with E-state index in [2.05, 4.69) is 18.8 Å². The van der Waals surface area contributed by atoms with Crippen LogP contribution >= 0.6 is 0 Å². The monoisotopic (exact) mass is 150 g/mol. The van der Waals surface area contributed by atoms with Crippen LogP contribution < -0.4 is 5.73 Å². The van der Waals surface area contributed by atoms with Crippen LogP contribution in [0.3, 0.4) is 0 Å². The molecule has 0 aliphatic heterocycles. The van der Waals surface area contributed by atoms with Gasteiger partial charge in [-0.3, -0.25) is 4.98 Å². The average Bonchev–Trinajstić information content (AvgIpc) is 1.94. The van der Waals surface area contributed by atoms with Gasteiger partial charge in [0.1, 0.15) is 0 Å². The second-order valence-electron chi connectivity index (χ2n) is 3.11. The molecule has 2 nitrogen and oxygen atoms in total. The third-order valence-corrected chi connectivity index (χ3v) is 1.84. The predicted octanol–water partition coefficient (Wildman–Crippen LogP) is 2.10. The van der Waals surface area contributed by atoms with Crippen LogP contribution in [0.4, 0.5) is 5.69 Å². The van der Waals surface area contributed by atoms with Crippen molar-refractivity contribution in [2.75, 3.05) is 5.73 Å². The Labute approximate surface area is 67.5 Å². The normalized spacial score (nSPS) is 10.5. The number of rotatable bonds is 1. The Morgan fingerprint density at radius 3 is 2.45 bits per heavy atom. The zero-order valence-electron chi connectivity index (χ0n) is 7.26. The lowest BCUT2D eigenvalue weighted by Crippen LogP contribution is -1.99. The summed E-state index contributed by atoms with van der Waals surface area (Å²) in [5.74, 6) is 0.461. The molecule has 0 unspecified atom stereocenters. The second kappa shape index (κ2) is 2.91. The number of nitrogens with zero attached hydrogens (tertiary/aromatic N) is 1. The molecular weight excluding hydrogens is 136 g/mol. The topological polar surface area (TPSA) is 38.9 Å². The smallest absolute Gasteiger partial charge is 0.0409 e. The van der Waals surface area contributed by atoms with Gasteiger partial charge in [0, 0.05) is 18.1 Å². The predicted molar refractivity (Wildman–Crippen MR) is 47.5 cm³/mol. The number of anilines is 1. The summed E-state index contributed by atoms with van der Waals surface area (Å²) in [6.07, 6.45) is 3.63. The molecule has 60 valence electrons. The second-order valence-corrected chi connectivity index (χ2v) is 3.11. The zero-order valence-corrected chi connectivity index (χ0v) is 7.26. The number of nitrogens with two attached hydrogens (primary N) is 1. The molecule has 0 fully saturated rings. The van der Waals surface area contributed by atoms with Crippen LogP contribution in [-0.2, 0) is 0 Å². The molecule has 0 saturated carbocycles. The SMILES string of the molecule is Cc1cncc(C(C)C)c1N. The summed E-state index contributed by atoms with van der Waals surface area (Å²) in [5, 5.41) is 0. The Hall–Kier alpha value is -1.05. The molecule has 0 amide bonds. The van der Waals surface area contributed by atoms with Crippen molar-refractivity contribution in [3.8, 4) is 0 Å². The van der Waals surface area contributed by atoms with E-state index in [0.717, 1.165) is 16.8 Å². The summed E-state index contributed by atoms with van der Waals surface area (Å²) in [7, 11) is 0. The van der Waals surface area contributed by atoms with Gasteiger partial charge in [-0.1, -0.05) is 13.8 Å². The average molecular weight is 150 g/mol. The maximum Gasteiger partial charge on any atom is 0.0409 e. The molecule has 0 radical (unpaired) electrons. The highest BCUT2D eigenvalue weighted by Crippen LogP contribution is 2.22. The Morgan fingerprint density at radius 1 is 1.36 bits per heavy atom. The molecular formula is C9H14N2. The van der Waals surface area contributed by atoms with Crippen molar-refractivity contribution in [1.29, 1.82) is 0 Å². The summed E-state index contributed by atoms with van der Waals surface area (Å²) in [5.41, 5.74) is 8.94. The quantitative estimate of drug-likeness (QED) is 0.665. The van der Waals surface area contributed by atoms with Gasteiger partial charge in [-0.25, -0.2) is 0 Å². The fraction of sp³-hybridized carbons (Fsp3) is 0.444. The lowest BCUT2D eigenvalue weighted by Gasteiger charge is -2.09. The Morgan fingerprint density at radius 2 is 2.00 bits per heavy atom. The van der Waals surface area contributed by atoms with Crippen LogP contribution in [-0.4, -0.2) is 4.98 Å². The van der Waals surface area contributed by atoms with Crippen molar-refractivity contribution in [2.45, 2.75) is 26.7 Å². The fourth-order valence-electron chi connectivity index (χ4n) is 1.06. The number of aryl methyl sites for hydroxylation is 1. The minimum absolute atomic E-state index is 0.461. The van der Waals surface area contributed by atoms with Gasteiger partial charge in [0.05, 0.1) is 0 Å². The standard InChI is InChI=1S/C9H14N2/c1-6(2)8-5-11-4-7(3)9(8)10/h4-6H,1-3H3,(H2,10,11). The molecule has 0 aliphatic rings. The largest absolute Gasteiger partial charge is 0.398 e. The lowest BCUT2D eigenvalue weighted by atomic mass is 10.0. The molecule has 0 saturated heterocycles. The van der Waals surface area contributed by atoms with Gasteiger partial charge in [-0.15, -0.1) is 0 Å². The number of hydrogen-bond acceptors (Lipinski definition) is 2. The maximum atomic E-state index is 5.84. The highest BCUT2D eigenvalue weighted by molar-refractivity contribution is 5.52. The molecule has 0 spiro atoms. The van der Waals surface area contributed by atoms with Gasteiger partial charge in [-0.2, -0.15) is 0 Å². The summed E-state index contributed by atoms with van der Waals surface area (Å²) in [6, 6.07) is 0. The van der Waals surface area contributed by atoms with E-state index in [1.54, 1.807) is 6.20 Å². The molecule has 0 atom stereocenters. The lowest BCUT2D eigenvalue weighted by molar-refractivity contribution is 0.859. The van der Waals surface area contributed by atoms with Gasteiger partial charge >= 0.3 is 0 Å². The van der Waals surface area contributed by atoms with Crippen molar-refractivity contribution < 1.29 is 0 Å². The van der Waals surface area contributed by atoms with Crippen LogP contribution in [0.1, 0.15) is 30.9 Å². The van der Waals surface area contributed by atoms with E-state index in [4.69, 9.17) is 5.73 Å². The molecule has 1 aromatic rings. The van der Waals surface area contributed by atoms with Crippen molar-refractivity contribution >= 4 is 5.69 Å². The third kappa shape index (κ3) is 1.50. The molecule has 2 N–H and O–H groups in total. The molecule has 1 aromatic heterocycles. The maximum absolute atomic E-state index is 5.84. The van der Waals surface area contributed by atoms with Gasteiger partial charge in [0.2, 0.25) is 0 Å². The first-order valence-electron chi connectivity index (χ1n) is 3.83. The number of pyridine rings is 1. The van der Waals surface area contributed by atoms with Crippen molar-refractivity contribution in [2.24, 2.45) is 0 Å². The molecule has 0 aromatic carbocycles. The van der Waals surface area contributed by atoms with Crippen LogP contribution in [0.2, 0.25) is 0 Å². The fourth-order valence-corrected chi connectivity index (χ4v) is 1.06. The minimum atomic E-state index is 0.461. The summed E-state index contributed by atoms with van der Waals surface area (Å²) in [4.78, 5) is 4.09. The first kappa shape index (κ1) is 8.05. The highest BCUT2D eigenvalue weighted by atomic mass is 14.7. The highest BCUT2D eigenvalue weighted by Gasteiger charge is 2.05. The van der Waals surface area contributed by atoms with E-state index in [-0.39, 0.29) is 0 Å². The summed E-state index contributed by atoms with van der Waals surface area (Å²) < 4.78 is 0. The molecule has 1 rings (SSSR count). The first-order chi connectivity index (χ1) is 5.13. The van der Waals surface area contributed by atoms with Gasteiger partial charge < -0.3 is 5.73 Å². The number of nitrogen functional groups attached to an aromatic ring is 1. The van der Waals surface area contributed by atoms with Crippen LogP contribution in [0.15, 0.2) is 12.4 Å². The van der Waals surface area contributed by atoms with Crippen molar-refractivity contribution in [3.05, 3.63) is 23.5 Å². The Balaban J connectivity index is 3.17. The van der Waals surface area contributed by atoms with Crippen LogP contribution in [0.5, 0.6) is 0 Å². The van der Waals surface area contributed by atoms with Gasteiger partial charge in [0.15, 0.2) is 0 Å². The van der Waals surface area contributed by atoms with E-state index >= 15 is 0 Å². The van der Waals surface area contributed by atoms with Crippen molar-refractivity contribution in [3.63, 3.8) is 0 Å². The van der Waals surface area contributed by atoms with Crippen LogP contribution in [0.25, 0.3) is 0 Å². The minimum Gasteiger partial charge on any atom is -0.398 e. The summed E-state index contributed by atoms with van der Waals surface area (Å²) >= 11 is 0. The van der Waals surface area contributed by atoms with Gasteiger partial charge in [-0.05, 0) is 24.0 Å². The molecule has 1 heterocycles. The first-order valence-corrected chi connectivity index (χ1v) is 3.83. The third-order valence-electron chi connectivity index (χ3n) is 1.84. The summed E-state index contributed by atoms with van der Waals surface area (Å²) in [6.45, 7) is 6.22. The Bertz CT molecular complexity index is 254. The van der Waals surface area contributed by atoms with Crippen LogP contribution in [0, 0.1) is 6.92 Å². The van der Waals surface area contributed by atoms with E-state index < -0.39 is 0 Å². The van der Waals surface area contributed by atoms with E-state index in [1.165, 1.54) is 0 Å². The molecule has 0 aliphatic carbocycles. The van der Waals surface area contributed by atoms with E-state index in [0.29, 0.717) is 5.92 Å².